The molecule has 1 aromatic rings. The third-order valence-electron chi connectivity index (χ3n) is 2.09. The van der Waals surface area contributed by atoms with Crippen LogP contribution in [0.5, 0.6) is 0 Å². The molecule has 3 heteroatoms. The summed E-state index contributed by atoms with van der Waals surface area (Å²) in [5, 5.41) is 0. The van der Waals surface area contributed by atoms with E-state index in [2.05, 4.69) is 88.6 Å². The summed E-state index contributed by atoms with van der Waals surface area (Å²) < 4.78 is 0.808. The highest BCUT2D eigenvalue weighted by Crippen LogP contribution is 2.26. The Morgan fingerprint density at radius 2 is 1.69 bits per heavy atom. The molecule has 13 heavy (non-hydrogen) atoms. The Morgan fingerprint density at radius 3 is 2.15 bits per heavy atom. The molecular formula is C10H14I2Si. The molecule has 0 nitrogen and oxygen atoms in total. The maximum Gasteiger partial charge on any atom is 0.0782 e. The van der Waals surface area contributed by atoms with E-state index in [1.165, 1.54) is 11.6 Å². The Hall–Kier alpha value is 0.897. The second kappa shape index (κ2) is 5.11. The zero-order valence-electron chi connectivity index (χ0n) is 7.93. The fraction of sp³-hybridized carbons (Fsp3) is 0.400. The number of alkyl halides is 2. The summed E-state index contributed by atoms with van der Waals surface area (Å²) in [6.07, 6.45) is 0. The highest BCUT2D eigenvalue weighted by Gasteiger charge is 2.27. The molecule has 0 saturated heterocycles. The van der Waals surface area contributed by atoms with Crippen molar-refractivity contribution in [3.05, 3.63) is 35.9 Å². The second-order valence-corrected chi connectivity index (χ2v) is 16.1. The van der Waals surface area contributed by atoms with Gasteiger partial charge in [-0.1, -0.05) is 94.2 Å². The monoisotopic (exact) mass is 416 g/mol. The van der Waals surface area contributed by atoms with Crippen molar-refractivity contribution in [2.24, 2.45) is 0 Å². The lowest BCUT2D eigenvalue weighted by Crippen LogP contribution is -2.36. The summed E-state index contributed by atoms with van der Waals surface area (Å²) in [7, 11) is -1.05. The topological polar surface area (TPSA) is 0 Å². The fourth-order valence-corrected chi connectivity index (χ4v) is 3.96. The van der Waals surface area contributed by atoms with Gasteiger partial charge in [0.05, 0.1) is 9.63 Å². The number of rotatable bonds is 3. The van der Waals surface area contributed by atoms with Crippen LogP contribution in [0.4, 0.5) is 0 Å². The molecule has 0 fully saturated rings. The highest BCUT2D eigenvalue weighted by atomic mass is 127. The molecular weight excluding hydrogens is 402 g/mol. The predicted molar refractivity (Wildman–Crippen MR) is 79.5 cm³/mol. The summed E-state index contributed by atoms with van der Waals surface area (Å²) in [5.41, 5.74) is 1.50. The Balaban J connectivity index is 2.69. The molecule has 0 aromatic heterocycles. The van der Waals surface area contributed by atoms with Crippen LogP contribution in [-0.4, -0.2) is 9.63 Å². The van der Waals surface area contributed by atoms with Gasteiger partial charge in [-0.15, -0.1) is 0 Å². The van der Waals surface area contributed by atoms with Crippen LogP contribution in [0.15, 0.2) is 30.3 Å². The minimum Gasteiger partial charge on any atom is -0.0747 e. The quantitative estimate of drug-likeness (QED) is 0.394. The molecule has 0 spiro atoms. The van der Waals surface area contributed by atoms with Gasteiger partial charge in [-0.05, 0) is 6.04 Å². The van der Waals surface area contributed by atoms with E-state index in [1.54, 1.807) is 0 Å². The standard InChI is InChI=1S/C10H14I2Si/c1-13(2,10(11)12)8-9-6-4-3-5-7-9/h3-7,10H,8H2,1-2H3. The summed E-state index contributed by atoms with van der Waals surface area (Å²) in [4.78, 5) is 0. The fourth-order valence-electron chi connectivity index (χ4n) is 1.20. The first-order valence-corrected chi connectivity index (χ1v) is 10.1. The molecule has 0 heterocycles. The molecule has 0 aliphatic heterocycles. The van der Waals surface area contributed by atoms with Crippen molar-refractivity contribution in [2.45, 2.75) is 20.7 Å². The zero-order valence-corrected chi connectivity index (χ0v) is 13.2. The van der Waals surface area contributed by atoms with Gasteiger partial charge in [-0.2, -0.15) is 0 Å². The van der Waals surface area contributed by atoms with Crippen molar-refractivity contribution in [1.29, 1.82) is 0 Å². The molecule has 1 aromatic carbocycles. The summed E-state index contributed by atoms with van der Waals surface area (Å²) in [6.45, 7) is 4.92. The first kappa shape index (κ1) is 12.0. The second-order valence-electron chi connectivity index (χ2n) is 3.95. The smallest absolute Gasteiger partial charge is 0.0747 e. The van der Waals surface area contributed by atoms with Gasteiger partial charge < -0.3 is 0 Å². The van der Waals surface area contributed by atoms with Gasteiger partial charge >= 0.3 is 0 Å². The van der Waals surface area contributed by atoms with E-state index >= 15 is 0 Å². The van der Waals surface area contributed by atoms with Crippen LogP contribution in [0.25, 0.3) is 0 Å². The highest BCUT2D eigenvalue weighted by molar-refractivity contribution is 14.2. The van der Waals surface area contributed by atoms with E-state index in [4.69, 9.17) is 0 Å². The minimum absolute atomic E-state index is 0.808. The molecule has 72 valence electrons. The molecule has 0 bridgehead atoms. The molecule has 0 amide bonds. The van der Waals surface area contributed by atoms with Gasteiger partial charge in [0.25, 0.3) is 0 Å². The minimum atomic E-state index is -1.05. The van der Waals surface area contributed by atoms with Gasteiger partial charge in [0.2, 0.25) is 0 Å². The van der Waals surface area contributed by atoms with E-state index in [9.17, 15) is 0 Å². The molecule has 1 rings (SSSR count). The molecule has 0 unspecified atom stereocenters. The van der Waals surface area contributed by atoms with E-state index in [0.29, 0.717) is 0 Å². The van der Waals surface area contributed by atoms with Gasteiger partial charge in [-0.25, -0.2) is 0 Å². The Labute approximate surface area is 109 Å². The third kappa shape index (κ3) is 3.87. The van der Waals surface area contributed by atoms with E-state index in [0.717, 1.165) is 1.55 Å². The van der Waals surface area contributed by atoms with Crippen molar-refractivity contribution in [3.8, 4) is 0 Å². The lowest BCUT2D eigenvalue weighted by atomic mass is 10.2. The Kier molecular flexibility index (Phi) is 4.71. The predicted octanol–water partition coefficient (Wildman–Crippen LogP) is 4.21. The molecule has 0 aliphatic carbocycles. The van der Waals surface area contributed by atoms with Crippen LogP contribution >= 0.6 is 45.2 Å². The van der Waals surface area contributed by atoms with E-state index in [-0.39, 0.29) is 0 Å². The zero-order chi connectivity index (χ0) is 9.90. The first-order chi connectivity index (χ1) is 6.02. The molecule has 0 saturated carbocycles. The lowest BCUT2D eigenvalue weighted by Gasteiger charge is -2.24. The number of hydrogen-bond donors (Lipinski definition) is 0. The number of hydrogen-bond acceptors (Lipinski definition) is 0. The van der Waals surface area contributed by atoms with Crippen molar-refractivity contribution in [2.75, 3.05) is 0 Å². The van der Waals surface area contributed by atoms with Gasteiger partial charge in [0, 0.05) is 0 Å². The Morgan fingerprint density at radius 1 is 1.15 bits per heavy atom. The molecule has 0 N–H and O–H groups in total. The van der Waals surface area contributed by atoms with Crippen LogP contribution < -0.4 is 0 Å². The van der Waals surface area contributed by atoms with Crippen LogP contribution in [0, 0.1) is 0 Å². The number of halogens is 2. The number of benzene rings is 1. The average Bonchev–Trinajstić information content (AvgIpc) is 2.05. The first-order valence-electron chi connectivity index (χ1n) is 4.34. The van der Waals surface area contributed by atoms with E-state index in [1.807, 2.05) is 0 Å². The summed E-state index contributed by atoms with van der Waals surface area (Å²) in [5.74, 6) is 0. The van der Waals surface area contributed by atoms with Gasteiger partial charge in [-0.3, -0.25) is 0 Å². The molecule has 0 radical (unpaired) electrons. The Bertz CT molecular complexity index is 257. The van der Waals surface area contributed by atoms with Gasteiger partial charge in [0.1, 0.15) is 0 Å². The third-order valence-corrected chi connectivity index (χ3v) is 14.7. The maximum atomic E-state index is 2.56. The van der Waals surface area contributed by atoms with Crippen LogP contribution in [0.1, 0.15) is 5.56 Å². The van der Waals surface area contributed by atoms with E-state index < -0.39 is 8.07 Å². The van der Waals surface area contributed by atoms with Crippen LogP contribution in [0.2, 0.25) is 13.1 Å². The molecule has 0 aliphatic rings. The maximum absolute atomic E-state index is 2.56. The van der Waals surface area contributed by atoms with Crippen LogP contribution in [0.3, 0.4) is 0 Å². The molecule has 0 atom stereocenters. The van der Waals surface area contributed by atoms with Crippen LogP contribution in [-0.2, 0) is 6.04 Å². The van der Waals surface area contributed by atoms with Crippen molar-refractivity contribution < 1.29 is 0 Å². The largest absolute Gasteiger partial charge is 0.0782 e. The van der Waals surface area contributed by atoms with Crippen molar-refractivity contribution >= 4 is 53.3 Å². The van der Waals surface area contributed by atoms with Crippen molar-refractivity contribution in [1.82, 2.24) is 0 Å². The van der Waals surface area contributed by atoms with Crippen molar-refractivity contribution in [3.63, 3.8) is 0 Å². The lowest BCUT2D eigenvalue weighted by molar-refractivity contribution is 1.30. The summed E-state index contributed by atoms with van der Waals surface area (Å²) >= 11 is 5.12. The average molecular weight is 416 g/mol. The normalized spacial score (nSPS) is 12.1. The summed E-state index contributed by atoms with van der Waals surface area (Å²) in [6, 6.07) is 12.1. The van der Waals surface area contributed by atoms with Gasteiger partial charge in [0.15, 0.2) is 0 Å². The SMILES string of the molecule is C[Si](C)(Cc1ccccc1)C(I)I.